The molecule has 0 unspecified atom stereocenters. The Hall–Kier alpha value is -3.71. The molecule has 33 heavy (non-hydrogen) atoms. The third kappa shape index (κ3) is 4.19. The highest BCUT2D eigenvalue weighted by molar-refractivity contribution is 6.11. The van der Waals surface area contributed by atoms with E-state index < -0.39 is 5.76 Å². The van der Waals surface area contributed by atoms with Crippen molar-refractivity contribution in [3.8, 4) is 0 Å². The first-order chi connectivity index (χ1) is 16.0. The fourth-order valence-corrected chi connectivity index (χ4v) is 4.39. The minimum atomic E-state index is -0.406. The normalized spacial score (nSPS) is 14.7. The number of benzene rings is 2. The van der Waals surface area contributed by atoms with Crippen LogP contribution in [0.5, 0.6) is 0 Å². The molecule has 0 N–H and O–H groups in total. The lowest BCUT2D eigenvalue weighted by Crippen LogP contribution is -2.47. The van der Waals surface area contributed by atoms with Crippen LogP contribution < -0.4 is 10.7 Å². The Morgan fingerprint density at radius 2 is 1.82 bits per heavy atom. The highest BCUT2D eigenvalue weighted by atomic mass is 16.4. The summed E-state index contributed by atoms with van der Waals surface area (Å²) in [5.41, 5.74) is 4.19. The third-order valence-corrected chi connectivity index (χ3v) is 6.23. The monoisotopic (exact) mass is 442 g/mol. The zero-order chi connectivity index (χ0) is 22.9. The molecule has 1 saturated heterocycles. The molecular formula is C26H26N4O3. The number of ketones is 1. The van der Waals surface area contributed by atoms with Crippen molar-refractivity contribution in [1.29, 1.82) is 0 Å². The number of nitrogens with zero attached hydrogens (tertiary/aromatic N) is 4. The first kappa shape index (κ1) is 21.2. The van der Waals surface area contributed by atoms with Crippen molar-refractivity contribution < 1.29 is 9.21 Å². The summed E-state index contributed by atoms with van der Waals surface area (Å²) in [5, 5.41) is 0. The van der Waals surface area contributed by atoms with E-state index in [1.165, 1.54) is 0 Å². The maximum Gasteiger partial charge on any atom is 0.421 e. The average molecular weight is 443 g/mol. The molecule has 7 heteroatoms. The SMILES string of the molecule is Cc1cccc(C(=O)c2cc3oc(=O)n(CN4CCN(c5ccccn5)CC4)c3cc2C)c1. The Balaban J connectivity index is 1.37. The molecule has 2 aromatic carbocycles. The summed E-state index contributed by atoms with van der Waals surface area (Å²) in [6.07, 6.45) is 1.80. The first-order valence-electron chi connectivity index (χ1n) is 11.1. The van der Waals surface area contributed by atoms with Crippen molar-refractivity contribution >= 4 is 22.7 Å². The topological polar surface area (TPSA) is 71.6 Å². The molecule has 0 atom stereocenters. The number of oxazole rings is 1. The average Bonchev–Trinajstić information content (AvgIpc) is 3.13. The van der Waals surface area contributed by atoms with Crippen LogP contribution in [0.25, 0.3) is 11.1 Å². The van der Waals surface area contributed by atoms with Gasteiger partial charge in [0.1, 0.15) is 5.82 Å². The van der Waals surface area contributed by atoms with Gasteiger partial charge in [-0.15, -0.1) is 0 Å². The summed E-state index contributed by atoms with van der Waals surface area (Å²) in [5.74, 6) is 0.500. The highest BCUT2D eigenvalue weighted by Gasteiger charge is 2.21. The van der Waals surface area contributed by atoms with Gasteiger partial charge in [-0.1, -0.05) is 29.8 Å². The van der Waals surface area contributed by atoms with E-state index in [4.69, 9.17) is 4.42 Å². The van der Waals surface area contributed by atoms with Crippen LogP contribution in [0.1, 0.15) is 27.0 Å². The maximum atomic E-state index is 13.1. The van der Waals surface area contributed by atoms with Crippen molar-refractivity contribution in [3.63, 3.8) is 0 Å². The van der Waals surface area contributed by atoms with Gasteiger partial charge in [0.25, 0.3) is 0 Å². The van der Waals surface area contributed by atoms with E-state index in [2.05, 4.69) is 14.8 Å². The van der Waals surface area contributed by atoms with E-state index >= 15 is 0 Å². The van der Waals surface area contributed by atoms with Crippen LogP contribution in [0.4, 0.5) is 5.82 Å². The van der Waals surface area contributed by atoms with Crippen molar-refractivity contribution in [1.82, 2.24) is 14.5 Å². The Labute approximate surface area is 191 Å². The van der Waals surface area contributed by atoms with Gasteiger partial charge in [0, 0.05) is 43.5 Å². The van der Waals surface area contributed by atoms with E-state index in [9.17, 15) is 9.59 Å². The summed E-state index contributed by atoms with van der Waals surface area (Å²) in [7, 11) is 0. The lowest BCUT2D eigenvalue weighted by Gasteiger charge is -2.35. The third-order valence-electron chi connectivity index (χ3n) is 6.23. The van der Waals surface area contributed by atoms with Gasteiger partial charge in [0.15, 0.2) is 11.4 Å². The van der Waals surface area contributed by atoms with Crippen LogP contribution in [0.3, 0.4) is 0 Å². The molecule has 3 heterocycles. The molecule has 0 spiro atoms. The zero-order valence-corrected chi connectivity index (χ0v) is 18.8. The molecule has 0 radical (unpaired) electrons. The summed E-state index contributed by atoms with van der Waals surface area (Å²) in [6.45, 7) is 7.63. The van der Waals surface area contributed by atoms with Crippen LogP contribution in [0, 0.1) is 13.8 Å². The lowest BCUT2D eigenvalue weighted by molar-refractivity contribution is 0.103. The largest absolute Gasteiger partial charge is 0.421 e. The molecule has 7 nitrogen and oxygen atoms in total. The predicted octanol–water partition coefficient (Wildman–Crippen LogP) is 3.62. The van der Waals surface area contributed by atoms with Crippen LogP contribution in [0.15, 0.2) is 70.0 Å². The van der Waals surface area contributed by atoms with E-state index in [1.807, 2.05) is 62.4 Å². The summed E-state index contributed by atoms with van der Waals surface area (Å²) in [4.78, 5) is 34.7. The number of aromatic nitrogens is 2. The summed E-state index contributed by atoms with van der Waals surface area (Å²) < 4.78 is 7.20. The van der Waals surface area contributed by atoms with E-state index in [-0.39, 0.29) is 5.78 Å². The molecule has 0 bridgehead atoms. The fourth-order valence-electron chi connectivity index (χ4n) is 4.39. The number of rotatable bonds is 5. The molecule has 1 fully saturated rings. The van der Waals surface area contributed by atoms with Gasteiger partial charge in [-0.25, -0.2) is 9.78 Å². The minimum Gasteiger partial charge on any atom is -0.408 e. The summed E-state index contributed by atoms with van der Waals surface area (Å²) in [6, 6.07) is 17.0. The Kier molecular flexibility index (Phi) is 5.56. The number of aryl methyl sites for hydroxylation is 2. The van der Waals surface area contributed by atoms with Crippen LogP contribution in [0.2, 0.25) is 0 Å². The second kappa shape index (κ2) is 8.67. The van der Waals surface area contributed by atoms with Gasteiger partial charge >= 0.3 is 5.76 Å². The van der Waals surface area contributed by atoms with Crippen molar-refractivity contribution in [2.45, 2.75) is 20.5 Å². The van der Waals surface area contributed by atoms with Crippen molar-refractivity contribution in [2.75, 3.05) is 31.1 Å². The second-order valence-electron chi connectivity index (χ2n) is 8.56. The molecule has 168 valence electrons. The molecular weight excluding hydrogens is 416 g/mol. The fraction of sp³-hybridized carbons (Fsp3) is 0.269. The Morgan fingerprint density at radius 3 is 2.55 bits per heavy atom. The number of carbonyl (C=O) groups is 1. The van der Waals surface area contributed by atoms with Gasteiger partial charge in [-0.2, -0.15) is 0 Å². The number of carbonyl (C=O) groups excluding carboxylic acids is 1. The molecule has 5 rings (SSSR count). The predicted molar refractivity (Wildman–Crippen MR) is 128 cm³/mol. The second-order valence-corrected chi connectivity index (χ2v) is 8.56. The number of pyridine rings is 1. The van der Waals surface area contributed by atoms with Gasteiger partial charge < -0.3 is 9.32 Å². The van der Waals surface area contributed by atoms with Crippen molar-refractivity contribution in [2.24, 2.45) is 0 Å². The Bertz CT molecular complexity index is 1370. The van der Waals surface area contributed by atoms with E-state index in [0.717, 1.165) is 43.1 Å². The summed E-state index contributed by atoms with van der Waals surface area (Å²) >= 11 is 0. The van der Waals surface area contributed by atoms with Gasteiger partial charge in [0.2, 0.25) is 0 Å². The highest BCUT2D eigenvalue weighted by Crippen LogP contribution is 2.23. The molecule has 0 amide bonds. The quantitative estimate of drug-likeness (QED) is 0.440. The molecule has 1 aliphatic rings. The standard InChI is InChI=1S/C26H26N4O3/c1-18-6-5-7-20(14-18)25(31)21-16-23-22(15-19(21)2)30(26(32)33-23)17-28-10-12-29(13-11-28)24-8-3-4-9-27-24/h3-9,14-16H,10-13,17H2,1-2H3. The molecule has 0 aliphatic carbocycles. The first-order valence-corrected chi connectivity index (χ1v) is 11.1. The smallest absolute Gasteiger partial charge is 0.408 e. The Morgan fingerprint density at radius 1 is 1.00 bits per heavy atom. The van der Waals surface area contributed by atoms with E-state index in [1.54, 1.807) is 16.8 Å². The lowest BCUT2D eigenvalue weighted by atomic mass is 9.97. The van der Waals surface area contributed by atoms with Crippen molar-refractivity contribution in [3.05, 3.63) is 93.6 Å². The van der Waals surface area contributed by atoms with Gasteiger partial charge in [0.05, 0.1) is 12.2 Å². The van der Waals surface area contributed by atoms with Gasteiger partial charge in [-0.3, -0.25) is 14.3 Å². The number of fused-ring (bicyclic) bond motifs is 1. The van der Waals surface area contributed by atoms with Crippen LogP contribution >= 0.6 is 0 Å². The van der Waals surface area contributed by atoms with Crippen LogP contribution in [-0.4, -0.2) is 46.4 Å². The van der Waals surface area contributed by atoms with Crippen LogP contribution in [-0.2, 0) is 6.67 Å². The number of hydrogen-bond acceptors (Lipinski definition) is 6. The van der Waals surface area contributed by atoms with E-state index in [0.29, 0.717) is 28.9 Å². The molecule has 1 aliphatic heterocycles. The molecule has 2 aromatic heterocycles. The number of anilines is 1. The zero-order valence-electron chi connectivity index (χ0n) is 18.8. The van der Waals surface area contributed by atoms with Gasteiger partial charge in [-0.05, 0) is 49.7 Å². The number of hydrogen-bond donors (Lipinski definition) is 0. The number of piperazine rings is 1. The molecule has 0 saturated carbocycles. The minimum absolute atomic E-state index is 0.0702. The maximum absolute atomic E-state index is 13.1. The molecule has 4 aromatic rings.